The number of benzene rings is 1. The van der Waals surface area contributed by atoms with Crippen molar-refractivity contribution >= 4 is 16.6 Å². The Kier molecular flexibility index (Phi) is 1.84. The Morgan fingerprint density at radius 3 is 3.00 bits per heavy atom. The third-order valence-electron chi connectivity index (χ3n) is 3.52. The van der Waals surface area contributed by atoms with Crippen LogP contribution in [0.25, 0.3) is 10.9 Å². The van der Waals surface area contributed by atoms with Crippen LogP contribution in [0.1, 0.15) is 18.2 Å². The lowest BCUT2D eigenvalue weighted by Gasteiger charge is -2.09. The second-order valence-corrected chi connectivity index (χ2v) is 4.47. The highest BCUT2D eigenvalue weighted by atomic mass is 16.3. The Bertz CT molecular complexity index is 608. The fourth-order valence-corrected chi connectivity index (χ4v) is 2.45. The number of phenolic OH excluding ortho intramolecular Hbond substituents is 1. The highest BCUT2D eigenvalue weighted by Gasteiger charge is 2.23. The first-order chi connectivity index (χ1) is 7.66. The molecule has 0 atom stereocenters. The number of hydrogen-bond acceptors (Lipinski definition) is 1. The topological polar surface area (TPSA) is 39.0 Å². The van der Waals surface area contributed by atoms with Crippen molar-refractivity contribution in [3.63, 3.8) is 0 Å². The van der Waals surface area contributed by atoms with Gasteiger partial charge in [0.1, 0.15) is 25.0 Å². The van der Waals surface area contributed by atoms with Crippen LogP contribution in [0.5, 0.6) is 5.75 Å². The zero-order valence-corrected chi connectivity index (χ0v) is 9.54. The number of rotatable bonds is 0. The molecule has 2 N–H and O–H groups in total. The first-order valence-electron chi connectivity index (χ1n) is 5.55. The molecule has 0 radical (unpaired) electrons. The van der Waals surface area contributed by atoms with Crippen molar-refractivity contribution < 1.29 is 9.68 Å². The number of aromatic hydroxyl groups is 1. The van der Waals surface area contributed by atoms with Crippen LogP contribution in [-0.4, -0.2) is 34.0 Å². The zero-order chi connectivity index (χ0) is 11.3. The van der Waals surface area contributed by atoms with Crippen LogP contribution < -0.4 is 0 Å². The first-order valence-corrected chi connectivity index (χ1v) is 5.55. The van der Waals surface area contributed by atoms with E-state index in [2.05, 4.69) is 23.5 Å². The summed E-state index contributed by atoms with van der Waals surface area (Å²) in [4.78, 5) is 3.40. The van der Waals surface area contributed by atoms with Gasteiger partial charge in [0.05, 0.1) is 0 Å². The van der Waals surface area contributed by atoms with Crippen molar-refractivity contribution in [1.29, 1.82) is 0 Å². The SMILES string of the molecule is CC1=[N+](C)CCc2c1[nH]c1cc(O)ccc21. The number of nitrogens with zero attached hydrogens (tertiary/aromatic N) is 1. The summed E-state index contributed by atoms with van der Waals surface area (Å²) in [5.41, 5.74) is 4.90. The molecule has 0 fully saturated rings. The molecule has 1 aliphatic heterocycles. The maximum atomic E-state index is 9.47. The Balaban J connectivity index is 2.35. The number of nitrogens with one attached hydrogen (secondary N) is 1. The minimum atomic E-state index is 0.317. The van der Waals surface area contributed by atoms with Crippen LogP contribution in [0.15, 0.2) is 18.2 Å². The summed E-state index contributed by atoms with van der Waals surface area (Å²) in [6.07, 6.45) is 1.06. The first kappa shape index (κ1) is 9.46. The van der Waals surface area contributed by atoms with E-state index in [1.165, 1.54) is 22.4 Å². The fraction of sp³-hybridized carbons (Fsp3) is 0.308. The van der Waals surface area contributed by atoms with E-state index in [0.29, 0.717) is 5.75 Å². The summed E-state index contributed by atoms with van der Waals surface area (Å²) >= 11 is 0. The quantitative estimate of drug-likeness (QED) is 0.647. The van der Waals surface area contributed by atoms with E-state index in [0.717, 1.165) is 18.5 Å². The van der Waals surface area contributed by atoms with Gasteiger partial charge in [0.2, 0.25) is 0 Å². The molecule has 0 bridgehead atoms. The normalized spacial score (nSPS) is 15.6. The van der Waals surface area contributed by atoms with Crippen molar-refractivity contribution in [2.24, 2.45) is 0 Å². The Morgan fingerprint density at radius 2 is 2.19 bits per heavy atom. The molecule has 1 aromatic carbocycles. The molecule has 0 unspecified atom stereocenters. The Labute approximate surface area is 94.0 Å². The average Bonchev–Trinajstić information content (AvgIpc) is 2.62. The smallest absolute Gasteiger partial charge is 0.196 e. The summed E-state index contributed by atoms with van der Waals surface area (Å²) in [6, 6.07) is 5.55. The number of aromatic nitrogens is 1. The second kappa shape index (κ2) is 3.11. The lowest BCUT2D eigenvalue weighted by molar-refractivity contribution is -0.498. The monoisotopic (exact) mass is 215 g/mol. The largest absolute Gasteiger partial charge is 0.508 e. The van der Waals surface area contributed by atoms with Gasteiger partial charge in [-0.25, -0.2) is 4.58 Å². The molecule has 0 saturated heterocycles. The summed E-state index contributed by atoms with van der Waals surface area (Å²) in [6.45, 7) is 3.19. The standard InChI is InChI=1S/C13H14N2O/c1-8-13-11(5-6-15(8)2)10-4-3-9(16)7-12(10)14-13/h3-4,7H,5-6H2,1-2H3,(H,14,16)/p+1. The van der Waals surface area contributed by atoms with Gasteiger partial charge < -0.3 is 10.1 Å². The molecule has 2 heterocycles. The molecule has 82 valence electrons. The van der Waals surface area contributed by atoms with E-state index in [9.17, 15) is 5.11 Å². The number of H-pyrrole nitrogens is 1. The molecular weight excluding hydrogens is 200 g/mol. The minimum Gasteiger partial charge on any atom is -0.508 e. The van der Waals surface area contributed by atoms with Gasteiger partial charge in [-0.1, -0.05) is 0 Å². The minimum absolute atomic E-state index is 0.317. The van der Waals surface area contributed by atoms with Crippen molar-refractivity contribution in [3.05, 3.63) is 29.5 Å². The maximum absolute atomic E-state index is 9.47. The summed E-state index contributed by atoms with van der Waals surface area (Å²) in [5, 5.41) is 10.7. The van der Waals surface area contributed by atoms with Gasteiger partial charge in [-0.3, -0.25) is 0 Å². The average molecular weight is 215 g/mol. The fourth-order valence-electron chi connectivity index (χ4n) is 2.45. The second-order valence-electron chi connectivity index (χ2n) is 4.47. The Morgan fingerprint density at radius 1 is 1.38 bits per heavy atom. The molecule has 0 saturated carbocycles. The van der Waals surface area contributed by atoms with Crippen LogP contribution in [0, 0.1) is 0 Å². The molecule has 0 spiro atoms. The molecule has 0 aliphatic carbocycles. The summed E-state index contributed by atoms with van der Waals surface area (Å²) in [7, 11) is 2.11. The maximum Gasteiger partial charge on any atom is 0.196 e. The van der Waals surface area contributed by atoms with E-state index in [-0.39, 0.29) is 0 Å². The van der Waals surface area contributed by atoms with E-state index < -0.39 is 0 Å². The molecule has 1 aliphatic rings. The van der Waals surface area contributed by atoms with E-state index >= 15 is 0 Å². The van der Waals surface area contributed by atoms with Gasteiger partial charge in [0.25, 0.3) is 0 Å². The van der Waals surface area contributed by atoms with Gasteiger partial charge in [-0.05, 0) is 17.7 Å². The van der Waals surface area contributed by atoms with Gasteiger partial charge in [0, 0.05) is 30.3 Å². The van der Waals surface area contributed by atoms with Crippen molar-refractivity contribution in [1.82, 2.24) is 4.98 Å². The predicted molar refractivity (Wildman–Crippen MR) is 64.5 cm³/mol. The lowest BCUT2D eigenvalue weighted by Crippen LogP contribution is -2.24. The summed E-state index contributed by atoms with van der Waals surface area (Å²) in [5.74, 6) is 0.317. The lowest BCUT2D eigenvalue weighted by atomic mass is 10.0. The number of aromatic amines is 1. The number of hydrogen-bond donors (Lipinski definition) is 2. The van der Waals surface area contributed by atoms with Gasteiger partial charge >= 0.3 is 0 Å². The third kappa shape index (κ3) is 1.18. The molecule has 16 heavy (non-hydrogen) atoms. The third-order valence-corrected chi connectivity index (χ3v) is 3.52. The van der Waals surface area contributed by atoms with Gasteiger partial charge in [-0.15, -0.1) is 0 Å². The number of fused-ring (bicyclic) bond motifs is 3. The molecule has 3 rings (SSSR count). The molecule has 1 aromatic heterocycles. The molecule has 3 heteroatoms. The Hall–Kier alpha value is -1.77. The van der Waals surface area contributed by atoms with Crippen LogP contribution in [-0.2, 0) is 6.42 Å². The van der Waals surface area contributed by atoms with Crippen molar-refractivity contribution in [2.45, 2.75) is 13.3 Å². The number of phenols is 1. The molecular formula is C13H15N2O+. The van der Waals surface area contributed by atoms with Crippen LogP contribution in [0.3, 0.4) is 0 Å². The zero-order valence-electron chi connectivity index (χ0n) is 9.54. The molecule has 3 nitrogen and oxygen atoms in total. The van der Waals surface area contributed by atoms with E-state index in [1.54, 1.807) is 12.1 Å². The molecule has 0 amide bonds. The van der Waals surface area contributed by atoms with E-state index in [4.69, 9.17) is 0 Å². The van der Waals surface area contributed by atoms with Crippen LogP contribution in [0.4, 0.5) is 0 Å². The van der Waals surface area contributed by atoms with Crippen molar-refractivity contribution in [3.8, 4) is 5.75 Å². The van der Waals surface area contributed by atoms with Crippen LogP contribution in [0.2, 0.25) is 0 Å². The van der Waals surface area contributed by atoms with Crippen molar-refractivity contribution in [2.75, 3.05) is 13.6 Å². The van der Waals surface area contributed by atoms with Gasteiger partial charge in [0.15, 0.2) is 5.71 Å². The van der Waals surface area contributed by atoms with Gasteiger partial charge in [-0.2, -0.15) is 0 Å². The van der Waals surface area contributed by atoms with E-state index in [1.807, 2.05) is 6.07 Å². The van der Waals surface area contributed by atoms with Crippen LogP contribution >= 0.6 is 0 Å². The summed E-state index contributed by atoms with van der Waals surface area (Å²) < 4.78 is 2.26. The predicted octanol–water partition coefficient (Wildman–Crippen LogP) is 1.88. The highest BCUT2D eigenvalue weighted by Crippen LogP contribution is 2.28. The highest BCUT2D eigenvalue weighted by molar-refractivity contribution is 6.02. The number of likely N-dealkylation sites (N-methyl/N-ethyl adjacent to an activating group) is 1. The molecule has 2 aromatic rings.